The summed E-state index contributed by atoms with van der Waals surface area (Å²) in [6.07, 6.45) is 0. The number of hydrogen-bond acceptors (Lipinski definition) is 2. The molecule has 0 heterocycles. The fourth-order valence-corrected chi connectivity index (χ4v) is 0. The Balaban J connectivity index is -0.0000000575. The third-order valence-electron chi connectivity index (χ3n) is 0.289. The van der Waals surface area contributed by atoms with Crippen LogP contribution in [0.25, 0.3) is 0 Å². The van der Waals surface area contributed by atoms with Gasteiger partial charge in [0.1, 0.15) is 0 Å². The van der Waals surface area contributed by atoms with Crippen LogP contribution in [-0.4, -0.2) is 25.4 Å². The minimum absolute atomic E-state index is 0. The van der Waals surface area contributed by atoms with Crippen LogP contribution < -0.4 is 0 Å². The first-order valence-electron chi connectivity index (χ1n) is 2.43. The maximum absolute atomic E-state index is 7.57. The predicted octanol–water partition coefficient (Wildman–Crippen LogP) is 1.29. The molecule has 0 aliphatic carbocycles. The lowest BCUT2D eigenvalue weighted by Crippen LogP contribution is -1.73. The number of methoxy groups -OCH3 is 1. The molecule has 0 aromatic carbocycles. The molecule has 54 valence electrons. The molecule has 0 aliphatic heterocycles. The summed E-state index contributed by atoms with van der Waals surface area (Å²) in [7, 11) is 1.68. The minimum Gasteiger partial charge on any atom is -0.397 e. The van der Waals surface area contributed by atoms with Crippen LogP contribution in [0.5, 0.6) is 0 Å². The highest BCUT2D eigenvalue weighted by atomic mass is 16.5. The van der Waals surface area contributed by atoms with Crippen molar-refractivity contribution in [2.45, 2.75) is 21.3 Å². The van der Waals surface area contributed by atoms with Gasteiger partial charge < -0.3 is 9.84 Å². The van der Waals surface area contributed by atoms with Crippen molar-refractivity contribution in [3.05, 3.63) is 0 Å². The molecule has 8 heavy (non-hydrogen) atoms. The SMILES string of the molecule is C.CCO.CCOC. The van der Waals surface area contributed by atoms with Crippen LogP contribution in [0.1, 0.15) is 21.3 Å². The lowest BCUT2D eigenvalue weighted by molar-refractivity contribution is 0.215. The molecule has 0 radical (unpaired) electrons. The Morgan fingerprint density at radius 3 is 1.50 bits per heavy atom. The number of ether oxygens (including phenoxy) is 1. The quantitative estimate of drug-likeness (QED) is 0.568. The fourth-order valence-electron chi connectivity index (χ4n) is 0. The molecular formula is C6H18O2. The predicted molar refractivity (Wildman–Crippen MR) is 37.0 cm³/mol. The summed E-state index contributed by atoms with van der Waals surface area (Å²) in [5, 5.41) is 7.57. The van der Waals surface area contributed by atoms with Gasteiger partial charge in [-0.15, -0.1) is 0 Å². The molecule has 0 rings (SSSR count). The second-order valence-electron chi connectivity index (χ2n) is 0.894. The lowest BCUT2D eigenvalue weighted by atomic mass is 10.9. The molecule has 0 saturated heterocycles. The zero-order valence-corrected chi connectivity index (χ0v) is 5.27. The molecule has 2 heteroatoms. The van der Waals surface area contributed by atoms with Crippen LogP contribution in [0.4, 0.5) is 0 Å². The van der Waals surface area contributed by atoms with Gasteiger partial charge in [0.2, 0.25) is 0 Å². The van der Waals surface area contributed by atoms with Crippen molar-refractivity contribution in [2.75, 3.05) is 20.3 Å². The van der Waals surface area contributed by atoms with Crippen LogP contribution in [0.3, 0.4) is 0 Å². The number of rotatable bonds is 1. The zero-order chi connectivity index (χ0) is 6.12. The van der Waals surface area contributed by atoms with Gasteiger partial charge >= 0.3 is 0 Å². The molecule has 0 saturated carbocycles. The van der Waals surface area contributed by atoms with Gasteiger partial charge in [0.25, 0.3) is 0 Å². The Morgan fingerprint density at radius 1 is 1.38 bits per heavy atom. The van der Waals surface area contributed by atoms with Gasteiger partial charge in [-0.3, -0.25) is 0 Å². The van der Waals surface area contributed by atoms with Gasteiger partial charge in [0.05, 0.1) is 0 Å². The molecule has 0 aromatic rings. The molecule has 0 amide bonds. The number of aliphatic hydroxyl groups is 1. The average molecular weight is 122 g/mol. The van der Waals surface area contributed by atoms with Gasteiger partial charge in [-0.25, -0.2) is 0 Å². The molecule has 2 nitrogen and oxygen atoms in total. The standard InChI is InChI=1S/C3H8O.C2H6O.CH4/c1-3-4-2;1-2-3;/h3H2,1-2H3;3H,2H2,1H3;1H4. The third-order valence-corrected chi connectivity index (χ3v) is 0.289. The van der Waals surface area contributed by atoms with Crippen molar-refractivity contribution in [3.8, 4) is 0 Å². The minimum atomic E-state index is 0. The average Bonchev–Trinajstić information content (AvgIpc) is 1.69. The van der Waals surface area contributed by atoms with Crippen LogP contribution >= 0.6 is 0 Å². The lowest BCUT2D eigenvalue weighted by Gasteiger charge is -1.76. The summed E-state index contributed by atoms with van der Waals surface area (Å²) in [4.78, 5) is 0. The van der Waals surface area contributed by atoms with Crippen molar-refractivity contribution < 1.29 is 9.84 Å². The van der Waals surface area contributed by atoms with Crippen LogP contribution in [0.15, 0.2) is 0 Å². The molecule has 0 fully saturated rings. The highest BCUT2D eigenvalue weighted by molar-refractivity contribution is 3.94. The molecule has 0 unspecified atom stereocenters. The summed E-state index contributed by atoms with van der Waals surface area (Å²) < 4.78 is 4.54. The number of aliphatic hydroxyl groups excluding tert-OH is 1. The highest BCUT2D eigenvalue weighted by Gasteiger charge is 1.51. The summed E-state index contributed by atoms with van der Waals surface area (Å²) in [5.74, 6) is 0. The van der Waals surface area contributed by atoms with Crippen molar-refractivity contribution in [1.82, 2.24) is 0 Å². The molecule has 0 aliphatic rings. The fraction of sp³-hybridized carbons (Fsp3) is 1.00. The third kappa shape index (κ3) is 169. The Morgan fingerprint density at radius 2 is 1.50 bits per heavy atom. The topological polar surface area (TPSA) is 29.5 Å². The van der Waals surface area contributed by atoms with E-state index < -0.39 is 0 Å². The largest absolute Gasteiger partial charge is 0.397 e. The van der Waals surface area contributed by atoms with Gasteiger partial charge in [-0.2, -0.15) is 0 Å². The Bertz CT molecular complexity index is 14.0. The first kappa shape index (κ1) is 15.7. The maximum Gasteiger partial charge on any atom is 0.0433 e. The number of hydrogen-bond donors (Lipinski definition) is 1. The zero-order valence-electron chi connectivity index (χ0n) is 5.27. The van der Waals surface area contributed by atoms with E-state index in [1.54, 1.807) is 14.0 Å². The first-order valence-corrected chi connectivity index (χ1v) is 2.43. The second kappa shape index (κ2) is 28.4. The van der Waals surface area contributed by atoms with Gasteiger partial charge in [0.15, 0.2) is 0 Å². The van der Waals surface area contributed by atoms with E-state index in [1.165, 1.54) is 0 Å². The van der Waals surface area contributed by atoms with Crippen molar-refractivity contribution in [1.29, 1.82) is 0 Å². The molecular weight excluding hydrogens is 104 g/mol. The van der Waals surface area contributed by atoms with Crippen LogP contribution in [-0.2, 0) is 4.74 Å². The maximum atomic E-state index is 7.57. The summed E-state index contributed by atoms with van der Waals surface area (Å²) >= 11 is 0. The van der Waals surface area contributed by atoms with E-state index in [-0.39, 0.29) is 14.0 Å². The van der Waals surface area contributed by atoms with Crippen molar-refractivity contribution >= 4 is 0 Å². The van der Waals surface area contributed by atoms with E-state index in [0.717, 1.165) is 6.61 Å². The Labute approximate surface area is 52.5 Å². The second-order valence-corrected chi connectivity index (χ2v) is 0.894. The summed E-state index contributed by atoms with van der Waals surface area (Å²) in [6, 6.07) is 0. The Kier molecular flexibility index (Phi) is 55.7. The smallest absolute Gasteiger partial charge is 0.0433 e. The normalized spacial score (nSPS) is 6.00. The van der Waals surface area contributed by atoms with Gasteiger partial charge in [-0.05, 0) is 13.8 Å². The van der Waals surface area contributed by atoms with E-state index >= 15 is 0 Å². The summed E-state index contributed by atoms with van der Waals surface area (Å²) in [5.41, 5.74) is 0. The van der Waals surface area contributed by atoms with Crippen molar-refractivity contribution in [3.63, 3.8) is 0 Å². The monoisotopic (exact) mass is 122 g/mol. The van der Waals surface area contributed by atoms with Gasteiger partial charge in [-0.1, -0.05) is 7.43 Å². The van der Waals surface area contributed by atoms with E-state index in [0.29, 0.717) is 0 Å². The van der Waals surface area contributed by atoms with Gasteiger partial charge in [0, 0.05) is 20.3 Å². The molecule has 0 bridgehead atoms. The van der Waals surface area contributed by atoms with Crippen molar-refractivity contribution in [2.24, 2.45) is 0 Å². The van der Waals surface area contributed by atoms with E-state index in [2.05, 4.69) is 4.74 Å². The molecule has 1 N–H and O–H groups in total. The summed E-state index contributed by atoms with van der Waals surface area (Å²) in [6.45, 7) is 4.71. The molecule has 0 aromatic heterocycles. The molecule has 0 spiro atoms. The first-order chi connectivity index (χ1) is 3.33. The van der Waals surface area contributed by atoms with E-state index in [9.17, 15) is 0 Å². The Hall–Kier alpha value is -0.0800. The van der Waals surface area contributed by atoms with E-state index in [1.807, 2.05) is 6.92 Å². The van der Waals surface area contributed by atoms with Crippen LogP contribution in [0.2, 0.25) is 0 Å². The van der Waals surface area contributed by atoms with E-state index in [4.69, 9.17) is 5.11 Å². The highest BCUT2D eigenvalue weighted by Crippen LogP contribution is 1.52. The molecule has 0 atom stereocenters. The van der Waals surface area contributed by atoms with Crippen LogP contribution in [0, 0.1) is 0 Å².